The van der Waals surface area contributed by atoms with Crippen molar-refractivity contribution in [2.75, 3.05) is 6.61 Å². The van der Waals surface area contributed by atoms with Crippen LogP contribution in [0.15, 0.2) is 12.1 Å². The Morgan fingerprint density at radius 2 is 2.29 bits per heavy atom. The number of hydrogen-bond donors (Lipinski definition) is 1. The first kappa shape index (κ1) is 10.7. The smallest absolute Gasteiger partial charge is 0.144 e. The molecular formula is C11H12FNO. The molecular weight excluding hydrogens is 181 g/mol. The van der Waals surface area contributed by atoms with E-state index in [0.29, 0.717) is 24.2 Å². The zero-order valence-electron chi connectivity index (χ0n) is 8.05. The van der Waals surface area contributed by atoms with Gasteiger partial charge in [0.2, 0.25) is 0 Å². The Kier molecular flexibility index (Phi) is 4.09. The Balaban J connectivity index is 2.66. The molecule has 0 spiro atoms. The van der Waals surface area contributed by atoms with Gasteiger partial charge in [0, 0.05) is 13.0 Å². The lowest BCUT2D eigenvalue weighted by molar-refractivity contribution is 0.290. The molecule has 74 valence electrons. The fourth-order valence-electron chi connectivity index (χ4n) is 0.934. The van der Waals surface area contributed by atoms with Gasteiger partial charge in [0.1, 0.15) is 11.5 Å². The number of aliphatic hydroxyl groups is 1. The van der Waals surface area contributed by atoms with Crippen LogP contribution in [-0.2, 0) is 0 Å². The highest BCUT2D eigenvalue weighted by atomic mass is 19.1. The Morgan fingerprint density at radius 3 is 2.93 bits per heavy atom. The average Bonchev–Trinajstić information content (AvgIpc) is 2.18. The van der Waals surface area contributed by atoms with Crippen LogP contribution in [-0.4, -0.2) is 16.7 Å². The molecule has 1 aromatic heterocycles. The summed E-state index contributed by atoms with van der Waals surface area (Å²) in [6.07, 6.45) is 1.29. The number of hydrogen-bond acceptors (Lipinski definition) is 2. The summed E-state index contributed by atoms with van der Waals surface area (Å²) in [5.41, 5.74) is 0.931. The van der Waals surface area contributed by atoms with Crippen LogP contribution < -0.4 is 0 Å². The largest absolute Gasteiger partial charge is 0.396 e. The van der Waals surface area contributed by atoms with Crippen molar-refractivity contribution >= 4 is 0 Å². The molecule has 14 heavy (non-hydrogen) atoms. The number of aliphatic hydroxyl groups excluding tert-OH is 1. The molecule has 0 saturated heterocycles. The maximum Gasteiger partial charge on any atom is 0.144 e. The van der Waals surface area contributed by atoms with Gasteiger partial charge in [0.15, 0.2) is 0 Å². The minimum atomic E-state index is -0.314. The van der Waals surface area contributed by atoms with Gasteiger partial charge in [-0.05, 0) is 31.4 Å². The highest BCUT2D eigenvalue weighted by Gasteiger charge is 1.97. The lowest BCUT2D eigenvalue weighted by Crippen LogP contribution is -1.90. The number of nitrogens with zero attached hydrogens (tertiary/aromatic N) is 1. The van der Waals surface area contributed by atoms with Crippen LogP contribution in [0.4, 0.5) is 4.39 Å². The van der Waals surface area contributed by atoms with Gasteiger partial charge in [-0.25, -0.2) is 9.37 Å². The summed E-state index contributed by atoms with van der Waals surface area (Å²) >= 11 is 0. The third-order valence-corrected chi connectivity index (χ3v) is 1.70. The number of aromatic nitrogens is 1. The van der Waals surface area contributed by atoms with Crippen LogP contribution in [0.5, 0.6) is 0 Å². The molecule has 0 fully saturated rings. The van der Waals surface area contributed by atoms with Crippen molar-refractivity contribution in [2.24, 2.45) is 0 Å². The summed E-state index contributed by atoms with van der Waals surface area (Å²) in [7, 11) is 0. The van der Waals surface area contributed by atoms with Crippen molar-refractivity contribution < 1.29 is 9.50 Å². The van der Waals surface area contributed by atoms with Crippen molar-refractivity contribution in [2.45, 2.75) is 19.8 Å². The SMILES string of the molecule is Cc1nc(C#CCCCO)ccc1F. The van der Waals surface area contributed by atoms with Crippen molar-refractivity contribution in [1.82, 2.24) is 4.98 Å². The molecule has 1 heterocycles. The minimum absolute atomic E-state index is 0.143. The van der Waals surface area contributed by atoms with Crippen LogP contribution >= 0.6 is 0 Å². The maximum atomic E-state index is 12.8. The average molecular weight is 193 g/mol. The predicted octanol–water partition coefficient (Wildman–Crippen LogP) is 1.65. The highest BCUT2D eigenvalue weighted by molar-refractivity contribution is 5.28. The molecule has 2 nitrogen and oxygen atoms in total. The molecule has 0 radical (unpaired) electrons. The zero-order chi connectivity index (χ0) is 10.4. The van der Waals surface area contributed by atoms with E-state index in [2.05, 4.69) is 16.8 Å². The third-order valence-electron chi connectivity index (χ3n) is 1.70. The first-order chi connectivity index (χ1) is 6.74. The molecule has 1 rings (SSSR count). The third kappa shape index (κ3) is 3.15. The minimum Gasteiger partial charge on any atom is -0.396 e. The van der Waals surface area contributed by atoms with E-state index >= 15 is 0 Å². The van der Waals surface area contributed by atoms with Gasteiger partial charge in [-0.15, -0.1) is 0 Å². The monoisotopic (exact) mass is 193 g/mol. The second-order valence-electron chi connectivity index (χ2n) is 2.89. The number of rotatable bonds is 2. The number of pyridine rings is 1. The van der Waals surface area contributed by atoms with Crippen LogP contribution in [0.2, 0.25) is 0 Å². The molecule has 0 aliphatic rings. The van der Waals surface area contributed by atoms with E-state index in [1.54, 1.807) is 13.0 Å². The van der Waals surface area contributed by atoms with Gasteiger partial charge in [-0.2, -0.15) is 0 Å². The second-order valence-corrected chi connectivity index (χ2v) is 2.89. The van der Waals surface area contributed by atoms with E-state index in [-0.39, 0.29) is 12.4 Å². The van der Waals surface area contributed by atoms with E-state index in [4.69, 9.17) is 5.11 Å². The van der Waals surface area contributed by atoms with E-state index in [0.717, 1.165) is 0 Å². The van der Waals surface area contributed by atoms with E-state index in [9.17, 15) is 4.39 Å². The van der Waals surface area contributed by atoms with Gasteiger partial charge in [0.05, 0.1) is 5.69 Å². The maximum absolute atomic E-state index is 12.8. The Morgan fingerprint density at radius 1 is 1.50 bits per heavy atom. The van der Waals surface area contributed by atoms with Crippen molar-refractivity contribution in [1.29, 1.82) is 0 Å². The van der Waals surface area contributed by atoms with Crippen LogP contribution in [0.3, 0.4) is 0 Å². The highest BCUT2D eigenvalue weighted by Crippen LogP contribution is 2.03. The summed E-state index contributed by atoms with van der Waals surface area (Å²) in [6, 6.07) is 2.91. The summed E-state index contributed by atoms with van der Waals surface area (Å²) in [5, 5.41) is 8.51. The Hall–Kier alpha value is -1.40. The van der Waals surface area contributed by atoms with Gasteiger partial charge in [0.25, 0.3) is 0 Å². The van der Waals surface area contributed by atoms with Gasteiger partial charge in [-0.1, -0.05) is 5.92 Å². The number of unbranched alkanes of at least 4 members (excludes halogenated alkanes) is 1. The van der Waals surface area contributed by atoms with Gasteiger partial charge in [-0.3, -0.25) is 0 Å². The molecule has 0 saturated carbocycles. The molecule has 0 unspecified atom stereocenters. The van der Waals surface area contributed by atoms with Gasteiger partial charge < -0.3 is 5.11 Å². The van der Waals surface area contributed by atoms with E-state index < -0.39 is 0 Å². The fraction of sp³-hybridized carbons (Fsp3) is 0.364. The summed E-state index contributed by atoms with van der Waals surface area (Å²) < 4.78 is 12.8. The lowest BCUT2D eigenvalue weighted by atomic mass is 10.2. The zero-order valence-corrected chi connectivity index (χ0v) is 8.05. The van der Waals surface area contributed by atoms with Crippen LogP contribution in [0.25, 0.3) is 0 Å². The van der Waals surface area contributed by atoms with E-state index in [1.165, 1.54) is 6.07 Å². The normalized spacial score (nSPS) is 9.36. The first-order valence-electron chi connectivity index (χ1n) is 4.47. The number of halogens is 1. The molecule has 0 atom stereocenters. The fourth-order valence-corrected chi connectivity index (χ4v) is 0.934. The second kappa shape index (κ2) is 5.36. The first-order valence-corrected chi connectivity index (χ1v) is 4.47. The molecule has 1 N–H and O–H groups in total. The molecule has 0 bridgehead atoms. The van der Waals surface area contributed by atoms with Crippen molar-refractivity contribution in [3.8, 4) is 11.8 Å². The summed E-state index contributed by atoms with van der Waals surface area (Å²) in [4.78, 5) is 3.96. The van der Waals surface area contributed by atoms with Crippen molar-refractivity contribution in [3.63, 3.8) is 0 Å². The Bertz CT molecular complexity index is 365. The quantitative estimate of drug-likeness (QED) is 0.572. The Labute approximate surface area is 82.8 Å². The topological polar surface area (TPSA) is 33.1 Å². The molecule has 0 aliphatic carbocycles. The lowest BCUT2D eigenvalue weighted by Gasteiger charge is -1.94. The summed E-state index contributed by atoms with van der Waals surface area (Å²) in [6.45, 7) is 1.75. The molecule has 1 aromatic rings. The van der Waals surface area contributed by atoms with Crippen LogP contribution in [0.1, 0.15) is 24.2 Å². The van der Waals surface area contributed by atoms with Crippen LogP contribution in [0, 0.1) is 24.6 Å². The standard InChI is InChI=1S/C11H12FNO/c1-9-11(12)7-6-10(13-9)5-3-2-4-8-14/h6-7,14H,2,4,8H2,1H3. The predicted molar refractivity (Wildman–Crippen MR) is 52.1 cm³/mol. The molecule has 0 aliphatic heterocycles. The summed E-state index contributed by atoms with van der Waals surface area (Å²) in [5.74, 6) is 5.35. The van der Waals surface area contributed by atoms with E-state index in [1.807, 2.05) is 0 Å². The molecule has 3 heteroatoms. The number of aryl methyl sites for hydroxylation is 1. The van der Waals surface area contributed by atoms with Gasteiger partial charge >= 0.3 is 0 Å². The molecule has 0 aromatic carbocycles. The van der Waals surface area contributed by atoms with Crippen molar-refractivity contribution in [3.05, 3.63) is 29.3 Å². The molecule has 0 amide bonds.